The molecule has 0 amide bonds. The summed E-state index contributed by atoms with van der Waals surface area (Å²) in [7, 11) is 0. The highest BCUT2D eigenvalue weighted by Gasteiger charge is 2.04. The van der Waals surface area contributed by atoms with Crippen molar-refractivity contribution in [1.29, 1.82) is 0 Å². The molecule has 0 unspecified atom stereocenters. The Hall–Kier alpha value is -2.40. The van der Waals surface area contributed by atoms with Gasteiger partial charge in [0.25, 0.3) is 0 Å². The molecular formula is C17H13FO. The summed E-state index contributed by atoms with van der Waals surface area (Å²) in [5.74, 6) is 5.62. The standard InChI is InChI=1S/C17H13FO/c18-16-12-10-15(11-13-16)17(19)9-5-4-8-14-6-2-1-3-7-14/h1-3,6-7,10-13H,5,9H2. The Morgan fingerprint density at radius 3 is 2.37 bits per heavy atom. The van der Waals surface area contributed by atoms with Gasteiger partial charge in [-0.05, 0) is 36.4 Å². The van der Waals surface area contributed by atoms with Crippen LogP contribution in [0.5, 0.6) is 0 Å². The number of carbonyl (C=O) groups is 1. The van der Waals surface area contributed by atoms with Crippen LogP contribution in [0.1, 0.15) is 28.8 Å². The normalized spacial score (nSPS) is 9.53. The highest BCUT2D eigenvalue weighted by atomic mass is 19.1. The Bertz CT molecular complexity index is 603. The number of hydrogen-bond donors (Lipinski definition) is 0. The Morgan fingerprint density at radius 1 is 1.00 bits per heavy atom. The van der Waals surface area contributed by atoms with Gasteiger partial charge in [0, 0.05) is 24.0 Å². The van der Waals surface area contributed by atoms with Crippen molar-refractivity contribution < 1.29 is 9.18 Å². The molecule has 0 saturated heterocycles. The van der Waals surface area contributed by atoms with Crippen LogP contribution in [-0.4, -0.2) is 5.78 Å². The Kier molecular flexibility index (Phi) is 4.47. The van der Waals surface area contributed by atoms with Crippen LogP contribution in [0.4, 0.5) is 4.39 Å². The van der Waals surface area contributed by atoms with Crippen LogP contribution in [-0.2, 0) is 0 Å². The average molecular weight is 252 g/mol. The molecule has 0 fully saturated rings. The average Bonchev–Trinajstić information content (AvgIpc) is 2.45. The highest BCUT2D eigenvalue weighted by Crippen LogP contribution is 2.07. The van der Waals surface area contributed by atoms with E-state index in [9.17, 15) is 9.18 Å². The Labute approximate surface area is 112 Å². The molecule has 0 saturated carbocycles. The van der Waals surface area contributed by atoms with Gasteiger partial charge in [0.2, 0.25) is 0 Å². The summed E-state index contributed by atoms with van der Waals surface area (Å²) in [6, 6.07) is 15.2. The molecule has 0 spiro atoms. The lowest BCUT2D eigenvalue weighted by Gasteiger charge is -1.97. The molecular weight excluding hydrogens is 239 g/mol. The molecule has 0 aromatic heterocycles. The molecule has 0 heterocycles. The topological polar surface area (TPSA) is 17.1 Å². The molecule has 1 nitrogen and oxygen atoms in total. The molecule has 0 N–H and O–H groups in total. The summed E-state index contributed by atoms with van der Waals surface area (Å²) in [5, 5.41) is 0. The SMILES string of the molecule is O=C(CCC#Cc1ccccc1)c1ccc(F)cc1. The van der Waals surface area contributed by atoms with Crippen molar-refractivity contribution in [3.05, 3.63) is 71.5 Å². The fraction of sp³-hybridized carbons (Fsp3) is 0.118. The van der Waals surface area contributed by atoms with E-state index >= 15 is 0 Å². The highest BCUT2D eigenvalue weighted by molar-refractivity contribution is 5.96. The third kappa shape index (κ3) is 4.08. The van der Waals surface area contributed by atoms with Gasteiger partial charge in [-0.25, -0.2) is 4.39 Å². The van der Waals surface area contributed by atoms with Gasteiger partial charge in [-0.1, -0.05) is 30.0 Å². The van der Waals surface area contributed by atoms with Crippen molar-refractivity contribution >= 4 is 5.78 Å². The molecule has 2 aromatic rings. The van der Waals surface area contributed by atoms with Gasteiger partial charge in [0.05, 0.1) is 0 Å². The van der Waals surface area contributed by atoms with E-state index in [2.05, 4.69) is 11.8 Å². The van der Waals surface area contributed by atoms with Gasteiger partial charge in [-0.15, -0.1) is 0 Å². The minimum atomic E-state index is -0.333. The summed E-state index contributed by atoms with van der Waals surface area (Å²) in [5.41, 5.74) is 1.47. The Balaban J connectivity index is 1.88. The van der Waals surface area contributed by atoms with E-state index in [1.54, 1.807) is 0 Å². The minimum Gasteiger partial charge on any atom is -0.294 e. The summed E-state index contributed by atoms with van der Waals surface area (Å²) in [4.78, 5) is 11.8. The lowest BCUT2D eigenvalue weighted by atomic mass is 10.1. The maximum absolute atomic E-state index is 12.7. The number of benzene rings is 2. The lowest BCUT2D eigenvalue weighted by Crippen LogP contribution is -1.98. The van der Waals surface area contributed by atoms with Gasteiger partial charge in [0.1, 0.15) is 5.82 Å². The third-order valence-corrected chi connectivity index (χ3v) is 2.65. The molecule has 2 aromatic carbocycles. The number of ketones is 1. The monoisotopic (exact) mass is 252 g/mol. The largest absolute Gasteiger partial charge is 0.294 e. The Morgan fingerprint density at radius 2 is 1.68 bits per heavy atom. The van der Waals surface area contributed by atoms with E-state index in [4.69, 9.17) is 0 Å². The summed E-state index contributed by atoms with van der Waals surface area (Å²) in [6.07, 6.45) is 0.858. The van der Waals surface area contributed by atoms with E-state index in [1.165, 1.54) is 24.3 Å². The first-order valence-corrected chi connectivity index (χ1v) is 6.08. The second-order valence-corrected chi connectivity index (χ2v) is 4.10. The van der Waals surface area contributed by atoms with Crippen molar-refractivity contribution in [3.63, 3.8) is 0 Å². The molecule has 2 rings (SSSR count). The van der Waals surface area contributed by atoms with Crippen LogP contribution in [0, 0.1) is 17.7 Å². The van der Waals surface area contributed by atoms with Crippen LogP contribution in [0.15, 0.2) is 54.6 Å². The van der Waals surface area contributed by atoms with Crippen molar-refractivity contribution in [2.75, 3.05) is 0 Å². The molecule has 0 radical (unpaired) electrons. The predicted octanol–water partition coefficient (Wildman–Crippen LogP) is 3.84. The molecule has 0 aliphatic carbocycles. The second-order valence-electron chi connectivity index (χ2n) is 4.10. The van der Waals surface area contributed by atoms with Crippen molar-refractivity contribution in [2.45, 2.75) is 12.8 Å². The van der Waals surface area contributed by atoms with E-state index < -0.39 is 0 Å². The molecule has 2 heteroatoms. The zero-order valence-electron chi connectivity index (χ0n) is 10.4. The fourth-order valence-electron chi connectivity index (χ4n) is 1.64. The number of halogens is 1. The number of Topliss-reactive ketones (excluding diaryl/α,β-unsaturated/α-hetero) is 1. The maximum Gasteiger partial charge on any atom is 0.163 e. The van der Waals surface area contributed by atoms with Crippen molar-refractivity contribution in [2.24, 2.45) is 0 Å². The third-order valence-electron chi connectivity index (χ3n) is 2.65. The smallest absolute Gasteiger partial charge is 0.163 e. The first kappa shape index (κ1) is 13.0. The fourth-order valence-corrected chi connectivity index (χ4v) is 1.64. The molecule has 0 aliphatic heterocycles. The molecule has 0 bridgehead atoms. The van der Waals surface area contributed by atoms with Gasteiger partial charge in [-0.3, -0.25) is 4.79 Å². The molecule has 94 valence electrons. The molecule has 19 heavy (non-hydrogen) atoms. The number of rotatable bonds is 3. The van der Waals surface area contributed by atoms with E-state index in [1.807, 2.05) is 30.3 Å². The van der Waals surface area contributed by atoms with E-state index in [-0.39, 0.29) is 11.6 Å². The van der Waals surface area contributed by atoms with Crippen LogP contribution in [0.2, 0.25) is 0 Å². The van der Waals surface area contributed by atoms with E-state index in [0.717, 1.165) is 5.56 Å². The molecule has 0 atom stereocenters. The van der Waals surface area contributed by atoms with Gasteiger partial charge in [0.15, 0.2) is 5.78 Å². The van der Waals surface area contributed by atoms with E-state index in [0.29, 0.717) is 18.4 Å². The zero-order valence-corrected chi connectivity index (χ0v) is 10.4. The first-order chi connectivity index (χ1) is 9.25. The second kappa shape index (κ2) is 6.51. The number of carbonyl (C=O) groups excluding carboxylic acids is 1. The van der Waals surface area contributed by atoms with Crippen LogP contribution in [0.3, 0.4) is 0 Å². The summed E-state index contributed by atoms with van der Waals surface area (Å²) in [6.45, 7) is 0. The van der Waals surface area contributed by atoms with Gasteiger partial charge < -0.3 is 0 Å². The summed E-state index contributed by atoms with van der Waals surface area (Å²) >= 11 is 0. The van der Waals surface area contributed by atoms with Gasteiger partial charge in [-0.2, -0.15) is 0 Å². The predicted molar refractivity (Wildman–Crippen MR) is 73.3 cm³/mol. The number of hydrogen-bond acceptors (Lipinski definition) is 1. The van der Waals surface area contributed by atoms with Crippen LogP contribution < -0.4 is 0 Å². The van der Waals surface area contributed by atoms with Gasteiger partial charge >= 0.3 is 0 Å². The summed E-state index contributed by atoms with van der Waals surface area (Å²) < 4.78 is 12.7. The lowest BCUT2D eigenvalue weighted by molar-refractivity contribution is 0.0984. The maximum atomic E-state index is 12.7. The molecule has 0 aliphatic rings. The quantitative estimate of drug-likeness (QED) is 0.599. The van der Waals surface area contributed by atoms with Crippen LogP contribution in [0.25, 0.3) is 0 Å². The first-order valence-electron chi connectivity index (χ1n) is 6.08. The van der Waals surface area contributed by atoms with Crippen molar-refractivity contribution in [3.8, 4) is 11.8 Å². The zero-order chi connectivity index (χ0) is 13.5. The minimum absolute atomic E-state index is 0.0117. The van der Waals surface area contributed by atoms with Crippen LogP contribution >= 0.6 is 0 Å². The van der Waals surface area contributed by atoms with Crippen molar-refractivity contribution in [1.82, 2.24) is 0 Å².